The van der Waals surface area contributed by atoms with Gasteiger partial charge in [-0.1, -0.05) is 13.8 Å². The van der Waals surface area contributed by atoms with Crippen LogP contribution < -0.4 is 4.74 Å². The van der Waals surface area contributed by atoms with Crippen molar-refractivity contribution in [2.24, 2.45) is 0 Å². The number of esters is 1. The molecule has 0 bridgehead atoms. The molecule has 14 heavy (non-hydrogen) atoms. The monoisotopic (exact) mass is 198 g/mol. The van der Waals surface area contributed by atoms with Gasteiger partial charge in [0.05, 0.1) is 0 Å². The highest BCUT2D eigenvalue weighted by Gasteiger charge is 2.19. The van der Waals surface area contributed by atoms with Gasteiger partial charge in [-0.25, -0.2) is 0 Å². The number of hydrogen-bond acceptors (Lipinski definition) is 4. The van der Waals surface area contributed by atoms with Crippen LogP contribution in [-0.2, 0) is 11.2 Å². The Morgan fingerprint density at radius 3 is 2.64 bits per heavy atom. The Morgan fingerprint density at radius 1 is 1.50 bits per heavy atom. The van der Waals surface area contributed by atoms with Crippen molar-refractivity contribution in [2.75, 3.05) is 0 Å². The summed E-state index contributed by atoms with van der Waals surface area (Å²) in [7, 11) is 0. The molecule has 4 heteroatoms. The lowest BCUT2D eigenvalue weighted by Crippen LogP contribution is -2.06. The van der Waals surface area contributed by atoms with Gasteiger partial charge in [-0.15, -0.1) is 0 Å². The fraction of sp³-hybridized carbons (Fsp3) is 0.500. The van der Waals surface area contributed by atoms with E-state index in [0.29, 0.717) is 17.9 Å². The maximum Gasteiger partial charge on any atom is 0.311 e. The summed E-state index contributed by atoms with van der Waals surface area (Å²) >= 11 is 0. The van der Waals surface area contributed by atoms with Gasteiger partial charge in [0.2, 0.25) is 11.5 Å². The first-order chi connectivity index (χ1) is 6.60. The first-order valence-corrected chi connectivity index (χ1v) is 4.62. The lowest BCUT2D eigenvalue weighted by molar-refractivity contribution is -0.134. The molecule has 1 aromatic heterocycles. The van der Waals surface area contributed by atoms with Crippen molar-refractivity contribution in [2.45, 2.75) is 33.6 Å². The van der Waals surface area contributed by atoms with Crippen LogP contribution in [0.1, 0.15) is 31.8 Å². The zero-order chi connectivity index (χ0) is 10.7. The van der Waals surface area contributed by atoms with Crippen LogP contribution in [0.15, 0.2) is 4.42 Å². The molecular formula is C10H14O4. The first-order valence-electron chi connectivity index (χ1n) is 4.62. The van der Waals surface area contributed by atoms with E-state index in [4.69, 9.17) is 9.15 Å². The molecule has 0 unspecified atom stereocenters. The highest BCUT2D eigenvalue weighted by Crippen LogP contribution is 2.36. The number of aromatic hydroxyl groups is 1. The van der Waals surface area contributed by atoms with E-state index in [0.717, 1.165) is 0 Å². The van der Waals surface area contributed by atoms with Crippen molar-refractivity contribution in [1.82, 2.24) is 0 Å². The highest BCUT2D eigenvalue weighted by atomic mass is 16.6. The molecule has 0 saturated heterocycles. The van der Waals surface area contributed by atoms with Gasteiger partial charge in [0, 0.05) is 12.8 Å². The van der Waals surface area contributed by atoms with E-state index >= 15 is 0 Å². The summed E-state index contributed by atoms with van der Waals surface area (Å²) in [4.78, 5) is 11.0. The molecule has 0 aliphatic rings. The predicted octanol–water partition coefficient (Wildman–Crippen LogP) is 2.17. The van der Waals surface area contributed by atoms with Crippen LogP contribution in [-0.4, -0.2) is 11.1 Å². The number of rotatable bonds is 3. The molecule has 0 atom stereocenters. The zero-order valence-electron chi connectivity index (χ0n) is 8.59. The van der Waals surface area contributed by atoms with Gasteiger partial charge in [-0.2, -0.15) is 0 Å². The van der Waals surface area contributed by atoms with E-state index in [9.17, 15) is 9.90 Å². The molecule has 0 aliphatic heterocycles. The molecule has 78 valence electrons. The van der Waals surface area contributed by atoms with Crippen LogP contribution in [0.5, 0.6) is 11.5 Å². The van der Waals surface area contributed by atoms with Crippen LogP contribution in [0.3, 0.4) is 0 Å². The number of hydrogen-bond donors (Lipinski definition) is 1. The lowest BCUT2D eigenvalue weighted by atomic mass is 10.3. The van der Waals surface area contributed by atoms with E-state index in [2.05, 4.69) is 0 Å². The summed E-state index contributed by atoms with van der Waals surface area (Å²) < 4.78 is 10.2. The van der Waals surface area contributed by atoms with Gasteiger partial charge in [0.1, 0.15) is 5.76 Å². The van der Waals surface area contributed by atoms with Gasteiger partial charge >= 0.3 is 5.97 Å². The van der Waals surface area contributed by atoms with Crippen molar-refractivity contribution in [3.05, 3.63) is 11.5 Å². The van der Waals surface area contributed by atoms with Crippen LogP contribution in [0, 0.1) is 6.92 Å². The van der Waals surface area contributed by atoms with E-state index < -0.39 is 0 Å². The Morgan fingerprint density at radius 2 is 2.14 bits per heavy atom. The lowest BCUT2D eigenvalue weighted by Gasteiger charge is -2.01. The molecule has 1 heterocycles. The summed E-state index contributed by atoms with van der Waals surface area (Å²) in [5.41, 5.74) is 0. The van der Waals surface area contributed by atoms with Gasteiger partial charge in [-0.3, -0.25) is 4.79 Å². The molecule has 1 rings (SSSR count). The maximum atomic E-state index is 11.0. The Kier molecular flexibility index (Phi) is 3.17. The predicted molar refractivity (Wildman–Crippen MR) is 50.4 cm³/mol. The van der Waals surface area contributed by atoms with Crippen LogP contribution >= 0.6 is 0 Å². The van der Waals surface area contributed by atoms with Crippen molar-refractivity contribution < 1.29 is 19.1 Å². The average Bonchev–Trinajstić information content (AvgIpc) is 2.45. The number of aryl methyl sites for hydroxylation is 2. The molecule has 0 aliphatic carbocycles. The third-order valence-electron chi connectivity index (χ3n) is 1.90. The van der Waals surface area contributed by atoms with Gasteiger partial charge < -0.3 is 14.3 Å². The van der Waals surface area contributed by atoms with E-state index in [1.165, 1.54) is 0 Å². The number of furan rings is 1. The third-order valence-corrected chi connectivity index (χ3v) is 1.90. The summed E-state index contributed by atoms with van der Waals surface area (Å²) in [6, 6.07) is 0. The minimum absolute atomic E-state index is 0.0800. The molecule has 0 amide bonds. The van der Waals surface area contributed by atoms with E-state index in [-0.39, 0.29) is 23.9 Å². The Hall–Kier alpha value is -1.45. The van der Waals surface area contributed by atoms with Crippen LogP contribution in [0.25, 0.3) is 0 Å². The third kappa shape index (κ3) is 1.89. The molecule has 0 radical (unpaired) electrons. The molecule has 1 aromatic rings. The van der Waals surface area contributed by atoms with E-state index in [1.54, 1.807) is 13.8 Å². The first kappa shape index (κ1) is 10.6. The molecule has 0 spiro atoms. The van der Waals surface area contributed by atoms with Crippen LogP contribution in [0.4, 0.5) is 0 Å². The maximum absolute atomic E-state index is 11.0. The summed E-state index contributed by atoms with van der Waals surface area (Å²) in [6.45, 7) is 5.18. The molecule has 0 fully saturated rings. The van der Waals surface area contributed by atoms with E-state index in [1.807, 2.05) is 6.92 Å². The normalized spacial score (nSPS) is 10.2. The Bertz CT molecular complexity index is 338. The number of ether oxygens (including phenoxy) is 1. The van der Waals surface area contributed by atoms with Crippen molar-refractivity contribution in [3.63, 3.8) is 0 Å². The second-order valence-corrected chi connectivity index (χ2v) is 2.94. The zero-order valence-corrected chi connectivity index (χ0v) is 8.59. The fourth-order valence-corrected chi connectivity index (χ4v) is 1.10. The molecule has 0 saturated carbocycles. The minimum Gasteiger partial charge on any atom is -0.502 e. The molecule has 4 nitrogen and oxygen atoms in total. The molecule has 1 N–H and O–H groups in total. The van der Waals surface area contributed by atoms with Gasteiger partial charge in [0.15, 0.2) is 5.76 Å². The smallest absolute Gasteiger partial charge is 0.311 e. The second-order valence-electron chi connectivity index (χ2n) is 2.94. The highest BCUT2D eigenvalue weighted by molar-refractivity contribution is 5.73. The fourth-order valence-electron chi connectivity index (χ4n) is 1.10. The summed E-state index contributed by atoms with van der Waals surface area (Å²) in [5, 5.41) is 9.52. The summed E-state index contributed by atoms with van der Waals surface area (Å²) in [5.74, 6) is 0.582. The Balaban J connectivity index is 2.99. The summed E-state index contributed by atoms with van der Waals surface area (Å²) in [6.07, 6.45) is 0.848. The quantitative estimate of drug-likeness (QED) is 0.756. The van der Waals surface area contributed by atoms with Crippen molar-refractivity contribution >= 4 is 5.97 Å². The van der Waals surface area contributed by atoms with Crippen LogP contribution in [0.2, 0.25) is 0 Å². The topological polar surface area (TPSA) is 59.7 Å². The second kappa shape index (κ2) is 4.17. The average molecular weight is 198 g/mol. The largest absolute Gasteiger partial charge is 0.502 e. The Labute approximate surface area is 82.5 Å². The minimum atomic E-state index is -0.379. The standard InChI is InChI=1S/C10H14O4/c1-4-7-10(14-8(11)5-2)9(12)6(3)13-7/h12H,4-5H2,1-3H3. The number of carbonyl (C=O) groups excluding carboxylic acids is 1. The molecular weight excluding hydrogens is 184 g/mol. The number of carbonyl (C=O) groups is 1. The van der Waals surface area contributed by atoms with Crippen molar-refractivity contribution in [3.8, 4) is 11.5 Å². The van der Waals surface area contributed by atoms with Gasteiger partial charge in [0.25, 0.3) is 0 Å². The van der Waals surface area contributed by atoms with Gasteiger partial charge in [-0.05, 0) is 6.92 Å². The van der Waals surface area contributed by atoms with Crippen molar-refractivity contribution in [1.29, 1.82) is 0 Å². The molecule has 0 aromatic carbocycles. The SMILES string of the molecule is CCC(=O)Oc1c(CC)oc(C)c1O.